The zero-order chi connectivity index (χ0) is 18.3. The number of rotatable bonds is 17. The molecule has 6 heteroatoms. The fourth-order valence-corrected chi connectivity index (χ4v) is 4.19. The van der Waals surface area contributed by atoms with Crippen molar-refractivity contribution in [3.63, 3.8) is 0 Å². The Morgan fingerprint density at radius 2 is 1.12 bits per heavy atom. The van der Waals surface area contributed by atoms with Crippen molar-refractivity contribution >= 4 is 10.1 Å². The third-order valence-electron chi connectivity index (χ3n) is 4.81. The summed E-state index contributed by atoms with van der Waals surface area (Å²) in [5.74, 6) is 0. The molecule has 146 valence electrons. The van der Waals surface area contributed by atoms with Crippen LogP contribution in [-0.4, -0.2) is 29.4 Å². The van der Waals surface area contributed by atoms with Crippen LogP contribution in [0.3, 0.4) is 0 Å². The second-order valence-corrected chi connectivity index (χ2v) is 8.63. The Hall–Kier alpha value is 0.870. The molecule has 2 unspecified atom stereocenters. The van der Waals surface area contributed by atoms with Gasteiger partial charge in [0, 0.05) is 0 Å². The van der Waals surface area contributed by atoms with Crippen molar-refractivity contribution in [3.05, 3.63) is 0 Å². The van der Waals surface area contributed by atoms with Gasteiger partial charge in [-0.15, -0.1) is 0 Å². The van der Waals surface area contributed by atoms with Gasteiger partial charge in [-0.25, -0.2) is 8.42 Å². The molecule has 4 nitrogen and oxygen atoms in total. The number of hydrogen-bond donors (Lipinski definition) is 1. The van der Waals surface area contributed by atoms with Gasteiger partial charge in [-0.1, -0.05) is 97.3 Å². The van der Waals surface area contributed by atoms with Crippen LogP contribution < -0.4 is 29.6 Å². The van der Waals surface area contributed by atoms with Gasteiger partial charge in [-0.05, 0) is 12.8 Å². The maximum absolute atomic E-state index is 11.2. The van der Waals surface area contributed by atoms with Crippen LogP contribution in [0.1, 0.15) is 110 Å². The smallest absolute Gasteiger partial charge is 0.748 e. The summed E-state index contributed by atoms with van der Waals surface area (Å²) >= 11 is 0. The van der Waals surface area contributed by atoms with Crippen LogP contribution in [0, 0.1) is 0 Å². The molecule has 0 fully saturated rings. The van der Waals surface area contributed by atoms with Gasteiger partial charge in [0.1, 0.15) is 10.1 Å². The van der Waals surface area contributed by atoms with Crippen molar-refractivity contribution < 1.29 is 47.6 Å². The van der Waals surface area contributed by atoms with Gasteiger partial charge in [-0.3, -0.25) is 0 Å². The number of unbranched alkanes of at least 4 members (excludes halogenated alkanes) is 12. The maximum atomic E-state index is 11.2. The zero-order valence-corrected chi connectivity index (χ0v) is 19.7. The van der Waals surface area contributed by atoms with Gasteiger partial charge in [0.2, 0.25) is 0 Å². The molecule has 0 aromatic heterocycles. The molecule has 0 aliphatic heterocycles. The largest absolute Gasteiger partial charge is 1.00 e. The van der Waals surface area contributed by atoms with Gasteiger partial charge in [-0.2, -0.15) is 0 Å². The van der Waals surface area contributed by atoms with E-state index in [0.29, 0.717) is 19.3 Å². The molecule has 1 N–H and O–H groups in total. The molecule has 0 aromatic rings. The molecule has 0 rings (SSSR count). The number of hydrogen-bond acceptors (Lipinski definition) is 4. The molecule has 0 aromatic carbocycles. The monoisotopic (exact) mass is 386 g/mol. The van der Waals surface area contributed by atoms with E-state index in [2.05, 4.69) is 6.92 Å². The van der Waals surface area contributed by atoms with E-state index in [1.165, 1.54) is 64.2 Å². The van der Waals surface area contributed by atoms with E-state index >= 15 is 0 Å². The van der Waals surface area contributed by atoms with Crippen LogP contribution in [0.5, 0.6) is 0 Å². The van der Waals surface area contributed by atoms with Crippen LogP contribution in [0.25, 0.3) is 0 Å². The quantitative estimate of drug-likeness (QED) is 0.236. The molecular formula is C19H39NaO4S. The average Bonchev–Trinajstić information content (AvgIpc) is 2.53. The van der Waals surface area contributed by atoms with E-state index in [-0.39, 0.29) is 29.6 Å². The molecule has 0 bridgehead atoms. The summed E-state index contributed by atoms with van der Waals surface area (Å²) in [6.07, 6.45) is 15.5. The van der Waals surface area contributed by atoms with Crippen LogP contribution in [-0.2, 0) is 10.1 Å². The van der Waals surface area contributed by atoms with Crippen molar-refractivity contribution in [1.29, 1.82) is 0 Å². The molecule has 0 radical (unpaired) electrons. The molecule has 0 aliphatic carbocycles. The van der Waals surface area contributed by atoms with E-state index in [1.54, 1.807) is 6.92 Å². The topological polar surface area (TPSA) is 77.4 Å². The second-order valence-electron chi connectivity index (χ2n) is 7.04. The van der Waals surface area contributed by atoms with Crippen molar-refractivity contribution in [2.75, 3.05) is 0 Å². The average molecular weight is 387 g/mol. The summed E-state index contributed by atoms with van der Waals surface area (Å²) < 4.78 is 33.5. The summed E-state index contributed by atoms with van der Waals surface area (Å²) in [6, 6.07) is 0. The zero-order valence-electron chi connectivity index (χ0n) is 16.8. The first-order valence-electron chi connectivity index (χ1n) is 10.1. The second kappa shape index (κ2) is 18.2. The molecule has 0 spiro atoms. The first-order valence-corrected chi connectivity index (χ1v) is 11.5. The van der Waals surface area contributed by atoms with Crippen LogP contribution >= 0.6 is 0 Å². The van der Waals surface area contributed by atoms with Gasteiger partial charge in [0.05, 0.1) is 11.4 Å². The fraction of sp³-hybridized carbons (Fsp3) is 1.00. The third kappa shape index (κ3) is 16.7. The van der Waals surface area contributed by atoms with Gasteiger partial charge >= 0.3 is 29.6 Å². The summed E-state index contributed by atoms with van der Waals surface area (Å²) in [6.45, 7) is 3.94. The normalized spacial score (nSPS) is 14.1. The minimum Gasteiger partial charge on any atom is -0.748 e. The fourth-order valence-electron chi connectivity index (χ4n) is 3.16. The van der Waals surface area contributed by atoms with Gasteiger partial charge in [0.25, 0.3) is 0 Å². The van der Waals surface area contributed by atoms with Crippen molar-refractivity contribution in [2.45, 2.75) is 122 Å². The standard InChI is InChI=1S/C19H40O4S.Na/c1-3-5-6-7-8-9-10-11-12-13-14-15-16-17-19(18(20)4-2)24(21,22)23;/h18-20H,3-17H2,1-2H3,(H,21,22,23);/q;+1/p-1. The Morgan fingerprint density at radius 1 is 0.760 bits per heavy atom. The molecule has 0 heterocycles. The Bertz CT molecular complexity index is 374. The number of aliphatic hydroxyl groups excluding tert-OH is 1. The molecule has 0 amide bonds. The van der Waals surface area contributed by atoms with Gasteiger partial charge < -0.3 is 9.66 Å². The number of aliphatic hydroxyl groups is 1. The molecule has 0 saturated heterocycles. The van der Waals surface area contributed by atoms with Crippen molar-refractivity contribution in [3.8, 4) is 0 Å². The van der Waals surface area contributed by atoms with E-state index in [4.69, 9.17) is 0 Å². The first kappa shape index (κ1) is 28.1. The predicted molar refractivity (Wildman–Crippen MR) is 100 cm³/mol. The maximum Gasteiger partial charge on any atom is 1.00 e. The van der Waals surface area contributed by atoms with E-state index in [9.17, 15) is 18.1 Å². The third-order valence-corrected chi connectivity index (χ3v) is 6.10. The summed E-state index contributed by atoms with van der Waals surface area (Å²) in [7, 11) is -4.39. The Kier molecular flexibility index (Phi) is 20.5. The van der Waals surface area contributed by atoms with Crippen molar-refractivity contribution in [2.24, 2.45) is 0 Å². The molecule has 0 saturated carbocycles. The molecular weight excluding hydrogens is 347 g/mol. The van der Waals surface area contributed by atoms with Crippen LogP contribution in [0.15, 0.2) is 0 Å². The Morgan fingerprint density at radius 3 is 1.44 bits per heavy atom. The summed E-state index contributed by atoms with van der Waals surface area (Å²) in [4.78, 5) is 0. The molecule has 0 aliphatic rings. The Labute approximate surface area is 178 Å². The first-order chi connectivity index (χ1) is 11.4. The van der Waals surface area contributed by atoms with Gasteiger partial charge in [0.15, 0.2) is 0 Å². The SMILES string of the molecule is CCCCCCCCCCCCCCCC(C(O)CC)S(=O)(=O)[O-].[Na+]. The minimum atomic E-state index is -4.39. The van der Waals surface area contributed by atoms with Crippen molar-refractivity contribution in [1.82, 2.24) is 0 Å². The summed E-state index contributed by atoms with van der Waals surface area (Å²) in [5.41, 5.74) is 0. The Balaban J connectivity index is 0. The summed E-state index contributed by atoms with van der Waals surface area (Å²) in [5, 5.41) is 8.54. The van der Waals surface area contributed by atoms with E-state index in [0.717, 1.165) is 12.8 Å². The predicted octanol–water partition coefficient (Wildman–Crippen LogP) is 2.16. The minimum absolute atomic E-state index is 0. The van der Waals surface area contributed by atoms with Crippen LogP contribution in [0.2, 0.25) is 0 Å². The molecule has 2 atom stereocenters. The van der Waals surface area contributed by atoms with Crippen LogP contribution in [0.4, 0.5) is 0 Å². The van der Waals surface area contributed by atoms with E-state index in [1.807, 2.05) is 0 Å². The van der Waals surface area contributed by atoms with E-state index < -0.39 is 21.5 Å². The molecule has 25 heavy (non-hydrogen) atoms.